The summed E-state index contributed by atoms with van der Waals surface area (Å²) in [6.45, 7) is 5.21. The van der Waals surface area contributed by atoms with Gasteiger partial charge in [0, 0.05) is 33.7 Å². The van der Waals surface area contributed by atoms with Gasteiger partial charge in [-0.2, -0.15) is 5.10 Å². The molecular weight excluding hydrogens is 564 g/mol. The molecule has 214 valence electrons. The Labute approximate surface area is 245 Å². The van der Waals surface area contributed by atoms with Crippen LogP contribution < -0.4 is 19.2 Å². The van der Waals surface area contributed by atoms with Crippen LogP contribution in [0.2, 0.25) is 5.02 Å². The maximum absolute atomic E-state index is 13.8. The summed E-state index contributed by atoms with van der Waals surface area (Å²) in [5.74, 6) is 0.0140. The first-order chi connectivity index (χ1) is 19.5. The number of hydrazone groups is 1. The third-order valence-electron chi connectivity index (χ3n) is 6.50. The van der Waals surface area contributed by atoms with Crippen molar-refractivity contribution in [2.75, 3.05) is 25.1 Å². The molecule has 0 spiro atoms. The highest BCUT2D eigenvalue weighted by atomic mass is 35.5. The number of methoxy groups -OCH3 is 2. The molecule has 41 heavy (non-hydrogen) atoms. The molecule has 0 aliphatic carbocycles. The third kappa shape index (κ3) is 6.55. The number of hydrogen-bond acceptors (Lipinski definition) is 6. The molecule has 1 aromatic heterocycles. The van der Waals surface area contributed by atoms with Gasteiger partial charge in [0.1, 0.15) is 18.0 Å². The van der Waals surface area contributed by atoms with Gasteiger partial charge >= 0.3 is 0 Å². The van der Waals surface area contributed by atoms with Crippen LogP contribution in [0.5, 0.6) is 11.5 Å². The normalized spacial score (nSPS) is 11.5. The maximum Gasteiger partial charge on any atom is 0.264 e. The van der Waals surface area contributed by atoms with E-state index in [1.165, 1.54) is 38.6 Å². The van der Waals surface area contributed by atoms with Crippen molar-refractivity contribution in [3.63, 3.8) is 0 Å². The Bertz CT molecular complexity index is 1680. The fourth-order valence-corrected chi connectivity index (χ4v) is 5.92. The number of ether oxygens (including phenoxy) is 2. The summed E-state index contributed by atoms with van der Waals surface area (Å²) in [5, 5.41) is 4.76. The number of rotatable bonds is 10. The molecule has 0 saturated carbocycles. The number of benzene rings is 3. The largest absolute Gasteiger partial charge is 0.497 e. The van der Waals surface area contributed by atoms with Crippen LogP contribution in [0.4, 0.5) is 5.69 Å². The smallest absolute Gasteiger partial charge is 0.264 e. The fourth-order valence-electron chi connectivity index (χ4n) is 4.37. The number of hydrogen-bond donors (Lipinski definition) is 1. The highest BCUT2D eigenvalue weighted by Crippen LogP contribution is 2.35. The van der Waals surface area contributed by atoms with Gasteiger partial charge in [-0.3, -0.25) is 9.10 Å². The predicted octanol–water partition coefficient (Wildman–Crippen LogP) is 5.42. The van der Waals surface area contributed by atoms with Crippen LogP contribution >= 0.6 is 11.6 Å². The van der Waals surface area contributed by atoms with Crippen molar-refractivity contribution in [1.82, 2.24) is 9.99 Å². The first-order valence-corrected chi connectivity index (χ1v) is 14.4. The molecule has 0 fully saturated rings. The molecule has 1 amide bonds. The summed E-state index contributed by atoms with van der Waals surface area (Å²) in [6.07, 6.45) is 1.53. The fraction of sp³-hybridized carbons (Fsp3) is 0.200. The Morgan fingerprint density at radius 3 is 2.29 bits per heavy atom. The van der Waals surface area contributed by atoms with Crippen molar-refractivity contribution in [1.29, 1.82) is 0 Å². The van der Waals surface area contributed by atoms with E-state index in [2.05, 4.69) is 10.5 Å². The Kier molecular flexibility index (Phi) is 9.05. The third-order valence-corrected chi connectivity index (χ3v) is 8.52. The number of carbonyl (C=O) groups is 1. The number of halogens is 1. The lowest BCUT2D eigenvalue weighted by Gasteiger charge is -2.25. The second-order valence-corrected chi connectivity index (χ2v) is 11.6. The molecule has 0 radical (unpaired) electrons. The van der Waals surface area contributed by atoms with Crippen LogP contribution in [0, 0.1) is 20.8 Å². The number of amides is 1. The molecular formula is C30H31ClN4O5S. The Morgan fingerprint density at radius 1 is 0.976 bits per heavy atom. The van der Waals surface area contributed by atoms with Gasteiger partial charge in [-0.15, -0.1) is 0 Å². The summed E-state index contributed by atoms with van der Waals surface area (Å²) in [6, 6.07) is 20.5. The standard InChI is InChI=1S/C30H31ClN4O5S/c1-20-6-13-27(14-7-20)41(37,38)34(28-17-26(39-4)12-15-29(28)40-5)19-30(36)33-32-18-23-16-21(2)35(22(23)3)25-10-8-24(31)9-11-25/h6-18H,19H2,1-5H3,(H,33,36)/b32-18-. The van der Waals surface area contributed by atoms with Crippen LogP contribution in [-0.4, -0.2) is 45.9 Å². The van der Waals surface area contributed by atoms with Crippen molar-refractivity contribution in [3.8, 4) is 17.2 Å². The van der Waals surface area contributed by atoms with Crippen molar-refractivity contribution in [3.05, 3.63) is 100 Å². The van der Waals surface area contributed by atoms with E-state index in [-0.39, 0.29) is 16.3 Å². The van der Waals surface area contributed by atoms with Gasteiger partial charge in [0.2, 0.25) is 0 Å². The Morgan fingerprint density at radius 2 is 1.66 bits per heavy atom. The highest BCUT2D eigenvalue weighted by Gasteiger charge is 2.30. The molecule has 3 aromatic carbocycles. The number of aromatic nitrogens is 1. The number of anilines is 1. The zero-order valence-electron chi connectivity index (χ0n) is 23.4. The number of sulfonamides is 1. The minimum atomic E-state index is -4.17. The maximum atomic E-state index is 13.8. The Hall–Kier alpha value is -4.28. The summed E-state index contributed by atoms with van der Waals surface area (Å²) < 4.78 is 41.3. The van der Waals surface area contributed by atoms with Crippen LogP contribution in [-0.2, 0) is 14.8 Å². The first-order valence-electron chi connectivity index (χ1n) is 12.6. The van der Waals surface area contributed by atoms with Gasteiger partial charge in [-0.05, 0) is 75.4 Å². The Balaban J connectivity index is 1.61. The van der Waals surface area contributed by atoms with E-state index in [0.29, 0.717) is 10.8 Å². The van der Waals surface area contributed by atoms with Gasteiger partial charge < -0.3 is 14.0 Å². The van der Waals surface area contributed by atoms with Crippen LogP contribution in [0.3, 0.4) is 0 Å². The molecule has 9 nitrogen and oxygen atoms in total. The van der Waals surface area contributed by atoms with E-state index in [9.17, 15) is 13.2 Å². The van der Waals surface area contributed by atoms with E-state index in [1.807, 2.05) is 55.7 Å². The number of aryl methyl sites for hydroxylation is 2. The van der Waals surface area contributed by atoms with E-state index in [1.54, 1.807) is 24.3 Å². The lowest BCUT2D eigenvalue weighted by molar-refractivity contribution is -0.119. The molecule has 1 heterocycles. The molecule has 11 heteroatoms. The number of nitrogens with zero attached hydrogens (tertiary/aromatic N) is 3. The molecule has 0 unspecified atom stereocenters. The van der Waals surface area contributed by atoms with Crippen LogP contribution in [0.25, 0.3) is 5.69 Å². The quantitative estimate of drug-likeness (QED) is 0.195. The summed E-state index contributed by atoms with van der Waals surface area (Å²) in [4.78, 5) is 13.1. The molecule has 0 atom stereocenters. The SMILES string of the molecule is COc1ccc(OC)c(N(CC(=O)N/N=C\c2cc(C)n(-c3ccc(Cl)cc3)c2C)S(=O)(=O)c2ccc(C)cc2)c1. The monoisotopic (exact) mass is 594 g/mol. The number of carbonyl (C=O) groups excluding carboxylic acids is 1. The average molecular weight is 595 g/mol. The van der Waals surface area contributed by atoms with Gasteiger partial charge in [-0.25, -0.2) is 13.8 Å². The van der Waals surface area contributed by atoms with Gasteiger partial charge in [0.05, 0.1) is 31.0 Å². The second kappa shape index (κ2) is 12.5. The van der Waals surface area contributed by atoms with Gasteiger partial charge in [-0.1, -0.05) is 29.3 Å². The van der Waals surface area contributed by atoms with E-state index in [0.717, 1.165) is 32.5 Å². The van der Waals surface area contributed by atoms with Crippen molar-refractivity contribution in [2.45, 2.75) is 25.7 Å². The average Bonchev–Trinajstić information content (AvgIpc) is 3.24. The summed E-state index contributed by atoms with van der Waals surface area (Å²) in [5.41, 5.74) is 7.12. The van der Waals surface area contributed by atoms with Crippen molar-refractivity contribution < 1.29 is 22.7 Å². The van der Waals surface area contributed by atoms with E-state index < -0.39 is 22.5 Å². The predicted molar refractivity (Wildman–Crippen MR) is 161 cm³/mol. The molecule has 1 N–H and O–H groups in total. The molecule has 0 aliphatic heterocycles. The molecule has 0 saturated heterocycles. The van der Waals surface area contributed by atoms with Crippen molar-refractivity contribution >= 4 is 39.4 Å². The first kappa shape index (κ1) is 29.7. The lowest BCUT2D eigenvalue weighted by atomic mass is 10.2. The van der Waals surface area contributed by atoms with Gasteiger partial charge in [0.15, 0.2) is 0 Å². The lowest BCUT2D eigenvalue weighted by Crippen LogP contribution is -2.39. The van der Waals surface area contributed by atoms with E-state index in [4.69, 9.17) is 21.1 Å². The van der Waals surface area contributed by atoms with Gasteiger partial charge in [0.25, 0.3) is 15.9 Å². The number of nitrogens with one attached hydrogen (secondary N) is 1. The minimum Gasteiger partial charge on any atom is -0.497 e. The van der Waals surface area contributed by atoms with Crippen LogP contribution in [0.15, 0.2) is 82.8 Å². The van der Waals surface area contributed by atoms with Crippen LogP contribution in [0.1, 0.15) is 22.5 Å². The summed E-state index contributed by atoms with van der Waals surface area (Å²) >= 11 is 6.03. The van der Waals surface area contributed by atoms with Crippen molar-refractivity contribution in [2.24, 2.45) is 5.10 Å². The minimum absolute atomic E-state index is 0.0268. The zero-order chi connectivity index (χ0) is 29.7. The molecule has 0 bridgehead atoms. The molecule has 0 aliphatic rings. The molecule has 4 rings (SSSR count). The topological polar surface area (TPSA) is 102 Å². The summed E-state index contributed by atoms with van der Waals surface area (Å²) in [7, 11) is -1.28. The van der Waals surface area contributed by atoms with E-state index >= 15 is 0 Å². The second-order valence-electron chi connectivity index (χ2n) is 9.29. The highest BCUT2D eigenvalue weighted by molar-refractivity contribution is 7.92. The zero-order valence-corrected chi connectivity index (χ0v) is 25.0. The molecule has 4 aromatic rings.